The molecule has 0 bridgehead atoms. The number of amides is 1. The van der Waals surface area contributed by atoms with E-state index < -0.39 is 0 Å². The summed E-state index contributed by atoms with van der Waals surface area (Å²) < 4.78 is 6.12. The van der Waals surface area contributed by atoms with Crippen molar-refractivity contribution in [1.82, 2.24) is 14.7 Å². The monoisotopic (exact) mass is 382 g/mol. The first kappa shape index (κ1) is 18.2. The summed E-state index contributed by atoms with van der Waals surface area (Å²) in [5.41, 5.74) is 9.07. The lowest BCUT2D eigenvalue weighted by Gasteiger charge is -2.43. The molecule has 1 amide bonds. The van der Waals surface area contributed by atoms with Crippen molar-refractivity contribution in [2.45, 2.75) is 44.8 Å². The third-order valence-electron chi connectivity index (χ3n) is 6.84. The highest BCUT2D eigenvalue weighted by molar-refractivity contribution is 5.83. The first-order valence-corrected chi connectivity index (χ1v) is 10.7. The molecule has 1 saturated carbocycles. The van der Waals surface area contributed by atoms with E-state index in [9.17, 15) is 4.79 Å². The lowest BCUT2D eigenvalue weighted by atomic mass is 9.91. The van der Waals surface area contributed by atoms with Gasteiger partial charge in [0, 0.05) is 56.3 Å². The fourth-order valence-corrected chi connectivity index (χ4v) is 4.84. The first-order chi connectivity index (χ1) is 13.7. The molecule has 0 unspecified atom stereocenters. The lowest BCUT2D eigenvalue weighted by molar-refractivity contribution is -0.135. The molecular formula is C22H30N4O2. The molecule has 1 aromatic carbocycles. The van der Waals surface area contributed by atoms with Crippen LogP contribution in [0.15, 0.2) is 22.6 Å². The highest BCUT2D eigenvalue weighted by Gasteiger charge is 2.30. The van der Waals surface area contributed by atoms with Gasteiger partial charge in [-0.2, -0.15) is 0 Å². The van der Waals surface area contributed by atoms with Gasteiger partial charge < -0.3 is 15.1 Å². The zero-order chi connectivity index (χ0) is 19.1. The summed E-state index contributed by atoms with van der Waals surface area (Å²) in [6.45, 7) is 6.47. The smallest absolute Gasteiger partial charge is 0.236 e. The molecule has 1 aliphatic carbocycles. The highest BCUT2D eigenvalue weighted by atomic mass is 16.3. The van der Waals surface area contributed by atoms with E-state index in [4.69, 9.17) is 10.2 Å². The molecule has 1 saturated heterocycles. The van der Waals surface area contributed by atoms with E-state index in [-0.39, 0.29) is 5.91 Å². The van der Waals surface area contributed by atoms with Crippen LogP contribution in [0, 0.1) is 0 Å². The van der Waals surface area contributed by atoms with E-state index in [0.29, 0.717) is 13.1 Å². The molecule has 150 valence electrons. The number of nitrogens with zero attached hydrogens (tertiary/aromatic N) is 3. The van der Waals surface area contributed by atoms with Gasteiger partial charge in [0.2, 0.25) is 5.91 Å². The average molecular weight is 383 g/mol. The van der Waals surface area contributed by atoms with Gasteiger partial charge in [0.15, 0.2) is 0 Å². The normalized spacial score (nSPS) is 21.7. The van der Waals surface area contributed by atoms with Gasteiger partial charge in [-0.25, -0.2) is 0 Å². The number of hydrogen-bond acceptors (Lipinski definition) is 5. The van der Waals surface area contributed by atoms with Crippen molar-refractivity contribution >= 4 is 16.9 Å². The summed E-state index contributed by atoms with van der Waals surface area (Å²) >= 11 is 0. The maximum Gasteiger partial charge on any atom is 0.236 e. The molecule has 2 fully saturated rings. The van der Waals surface area contributed by atoms with Crippen LogP contribution in [-0.2, 0) is 24.3 Å². The molecule has 2 N–H and O–H groups in total. The summed E-state index contributed by atoms with van der Waals surface area (Å²) in [5, 5.41) is 1.20. The van der Waals surface area contributed by atoms with Crippen molar-refractivity contribution in [2.24, 2.45) is 5.73 Å². The van der Waals surface area contributed by atoms with Crippen molar-refractivity contribution in [2.75, 3.05) is 39.3 Å². The van der Waals surface area contributed by atoms with Gasteiger partial charge in [0.05, 0.1) is 13.1 Å². The summed E-state index contributed by atoms with van der Waals surface area (Å²) in [5.74, 6) is 1.27. The Labute approximate surface area is 166 Å². The maximum atomic E-state index is 12.8. The summed E-state index contributed by atoms with van der Waals surface area (Å²) in [7, 11) is 0. The van der Waals surface area contributed by atoms with Gasteiger partial charge in [-0.1, -0.05) is 18.6 Å². The van der Waals surface area contributed by atoms with E-state index in [1.165, 1.54) is 30.2 Å². The molecule has 3 heterocycles. The van der Waals surface area contributed by atoms with Crippen LogP contribution in [-0.4, -0.2) is 65.9 Å². The fraction of sp³-hybridized carbons (Fsp3) is 0.591. The van der Waals surface area contributed by atoms with Crippen molar-refractivity contribution in [3.8, 4) is 0 Å². The molecule has 6 heteroatoms. The lowest BCUT2D eigenvalue weighted by Crippen LogP contribution is -2.55. The Morgan fingerprint density at radius 2 is 1.96 bits per heavy atom. The molecular weight excluding hydrogens is 352 g/mol. The summed E-state index contributed by atoms with van der Waals surface area (Å²) in [4.78, 5) is 19.7. The van der Waals surface area contributed by atoms with Crippen LogP contribution in [0.5, 0.6) is 0 Å². The topological polar surface area (TPSA) is 66.0 Å². The minimum atomic E-state index is 0.262. The minimum Gasteiger partial charge on any atom is -0.459 e. The largest absolute Gasteiger partial charge is 0.459 e. The van der Waals surface area contributed by atoms with Crippen molar-refractivity contribution < 1.29 is 9.21 Å². The van der Waals surface area contributed by atoms with E-state index in [1.807, 2.05) is 6.07 Å². The molecule has 0 spiro atoms. The quantitative estimate of drug-likeness (QED) is 0.876. The Hall–Kier alpha value is -1.89. The van der Waals surface area contributed by atoms with Crippen molar-refractivity contribution in [1.29, 1.82) is 0 Å². The Kier molecular flexibility index (Phi) is 4.87. The average Bonchev–Trinajstić information content (AvgIpc) is 3.03. The molecule has 6 nitrogen and oxygen atoms in total. The molecule has 2 aliphatic heterocycles. The zero-order valence-corrected chi connectivity index (χ0v) is 16.5. The number of carbonyl (C=O) groups excluding carboxylic acids is 1. The van der Waals surface area contributed by atoms with E-state index >= 15 is 0 Å². The Morgan fingerprint density at radius 1 is 1.14 bits per heavy atom. The van der Waals surface area contributed by atoms with E-state index in [2.05, 4.69) is 26.8 Å². The molecule has 1 aromatic heterocycles. The van der Waals surface area contributed by atoms with Crippen LogP contribution < -0.4 is 5.73 Å². The van der Waals surface area contributed by atoms with Crippen LogP contribution in [0.3, 0.4) is 0 Å². The van der Waals surface area contributed by atoms with Crippen LogP contribution in [0.4, 0.5) is 0 Å². The Morgan fingerprint density at radius 3 is 2.68 bits per heavy atom. The number of nitrogens with two attached hydrogens (primary N) is 1. The number of hydrogen-bond donors (Lipinski definition) is 1. The predicted octanol–water partition coefficient (Wildman–Crippen LogP) is 1.95. The molecule has 0 radical (unpaired) electrons. The van der Waals surface area contributed by atoms with Gasteiger partial charge in [-0.05, 0) is 30.9 Å². The second-order valence-electron chi connectivity index (χ2n) is 8.50. The molecule has 3 aliphatic rings. The second-order valence-corrected chi connectivity index (χ2v) is 8.50. The van der Waals surface area contributed by atoms with Gasteiger partial charge in [0.25, 0.3) is 0 Å². The Balaban J connectivity index is 1.20. The fourth-order valence-electron chi connectivity index (χ4n) is 4.84. The molecule has 5 rings (SSSR count). The van der Waals surface area contributed by atoms with Gasteiger partial charge >= 0.3 is 0 Å². The standard InChI is InChI=1S/C22H30N4O2/c23-13-16-4-5-18-19-6-7-24(14-21(19)28-20(18)12-16)15-22(27)26-10-8-25(9-11-26)17-2-1-3-17/h4-5,12,17H,1-3,6-11,13-15,23H2. The number of piperazine rings is 1. The molecule has 0 atom stereocenters. The van der Waals surface area contributed by atoms with Gasteiger partial charge in [0.1, 0.15) is 11.3 Å². The summed E-state index contributed by atoms with van der Waals surface area (Å²) in [6, 6.07) is 7.04. The zero-order valence-electron chi connectivity index (χ0n) is 16.5. The van der Waals surface area contributed by atoms with E-state index in [0.717, 1.165) is 68.6 Å². The molecule has 2 aromatic rings. The minimum absolute atomic E-state index is 0.262. The summed E-state index contributed by atoms with van der Waals surface area (Å²) in [6.07, 6.45) is 4.99. The highest BCUT2D eigenvalue weighted by Crippen LogP contribution is 2.31. The van der Waals surface area contributed by atoms with Crippen LogP contribution >= 0.6 is 0 Å². The van der Waals surface area contributed by atoms with Gasteiger partial charge in [-0.3, -0.25) is 14.6 Å². The third-order valence-corrected chi connectivity index (χ3v) is 6.84. The van der Waals surface area contributed by atoms with Crippen LogP contribution in [0.2, 0.25) is 0 Å². The second kappa shape index (κ2) is 7.50. The Bertz CT molecular complexity index is 865. The van der Waals surface area contributed by atoms with Crippen LogP contribution in [0.25, 0.3) is 11.0 Å². The number of benzene rings is 1. The van der Waals surface area contributed by atoms with Crippen LogP contribution in [0.1, 0.15) is 36.1 Å². The number of fused-ring (bicyclic) bond motifs is 3. The van der Waals surface area contributed by atoms with Crippen molar-refractivity contribution in [3.63, 3.8) is 0 Å². The molecule has 28 heavy (non-hydrogen) atoms. The third kappa shape index (κ3) is 3.34. The SMILES string of the molecule is NCc1ccc2c3c(oc2c1)CN(CC(=O)N1CCN(C2CCC2)CC1)CC3. The van der Waals surface area contributed by atoms with Gasteiger partial charge in [-0.15, -0.1) is 0 Å². The van der Waals surface area contributed by atoms with Crippen molar-refractivity contribution in [3.05, 3.63) is 35.1 Å². The maximum absolute atomic E-state index is 12.8. The predicted molar refractivity (Wildman–Crippen MR) is 109 cm³/mol. The van der Waals surface area contributed by atoms with E-state index in [1.54, 1.807) is 0 Å². The number of rotatable bonds is 4. The number of carbonyl (C=O) groups is 1. The number of furan rings is 1. The first-order valence-electron chi connectivity index (χ1n) is 10.7.